The number of rotatable bonds is 4. The van der Waals surface area contributed by atoms with Gasteiger partial charge in [-0.1, -0.05) is 11.6 Å². The summed E-state index contributed by atoms with van der Waals surface area (Å²) < 4.78 is 43.7. The van der Waals surface area contributed by atoms with Gasteiger partial charge in [-0.2, -0.15) is 13.2 Å². The fourth-order valence-corrected chi connectivity index (χ4v) is 6.02. The Morgan fingerprint density at radius 3 is 2.55 bits per heavy atom. The van der Waals surface area contributed by atoms with Gasteiger partial charge in [0.15, 0.2) is 5.65 Å². The van der Waals surface area contributed by atoms with Crippen molar-refractivity contribution in [1.82, 2.24) is 19.4 Å². The average molecular weight is 569 g/mol. The Morgan fingerprint density at radius 2 is 1.80 bits per heavy atom. The number of hydrogen-bond donors (Lipinski definition) is 0. The molecule has 1 fully saturated rings. The van der Waals surface area contributed by atoms with Gasteiger partial charge < -0.3 is 19.3 Å². The van der Waals surface area contributed by atoms with Crippen LogP contribution in [0.2, 0.25) is 5.02 Å². The number of aromatic nitrogens is 3. The van der Waals surface area contributed by atoms with Crippen molar-refractivity contribution in [3.8, 4) is 0 Å². The monoisotopic (exact) mass is 568 g/mol. The number of carbonyl (C=O) groups is 1. The Hall–Kier alpha value is -3.79. The van der Waals surface area contributed by atoms with Crippen LogP contribution in [0.4, 0.5) is 24.5 Å². The minimum absolute atomic E-state index is 0.0412. The summed E-state index contributed by atoms with van der Waals surface area (Å²) in [5.74, 6) is -0.0412. The molecule has 0 radical (unpaired) electrons. The van der Waals surface area contributed by atoms with Crippen LogP contribution in [-0.4, -0.2) is 57.6 Å². The number of carbonyl (C=O) groups excluding carboxylic acids is 1. The molecule has 1 atom stereocenters. The van der Waals surface area contributed by atoms with E-state index in [2.05, 4.69) is 19.8 Å². The van der Waals surface area contributed by atoms with Gasteiger partial charge in [-0.15, -0.1) is 0 Å². The number of hydrogen-bond acceptors (Lipinski definition) is 5. The minimum Gasteiger partial charge on any atom is -0.367 e. The van der Waals surface area contributed by atoms with E-state index in [9.17, 15) is 18.0 Å². The van der Waals surface area contributed by atoms with E-state index in [1.54, 1.807) is 41.4 Å². The maximum absolute atomic E-state index is 14.0. The molecule has 0 aliphatic carbocycles. The fraction of sp³-hybridized carbons (Fsp3) is 0.345. The van der Waals surface area contributed by atoms with E-state index in [0.717, 1.165) is 16.9 Å². The van der Waals surface area contributed by atoms with Gasteiger partial charge in [0.25, 0.3) is 0 Å². The molecule has 2 aliphatic heterocycles. The minimum atomic E-state index is -4.42. The molecule has 208 valence electrons. The Balaban J connectivity index is 1.24. The number of alkyl halides is 3. The Kier molecular flexibility index (Phi) is 6.82. The molecule has 6 rings (SSSR count). The average Bonchev–Trinajstić information content (AvgIpc) is 3.34. The lowest BCUT2D eigenvalue weighted by Crippen LogP contribution is -2.55. The summed E-state index contributed by atoms with van der Waals surface area (Å²) in [6.45, 7) is 4.47. The van der Waals surface area contributed by atoms with E-state index < -0.39 is 11.7 Å². The SMILES string of the molecule is C[C@@H]1CN(c2ccc(C(F)(F)F)c3c2CN(c2ccc(Cl)cc2)CC3)CCN1C(=O)Cn1cnc2cccnc21. The van der Waals surface area contributed by atoms with E-state index >= 15 is 0 Å². The lowest BCUT2D eigenvalue weighted by Gasteiger charge is -2.43. The van der Waals surface area contributed by atoms with Crippen molar-refractivity contribution in [2.24, 2.45) is 0 Å². The highest BCUT2D eigenvalue weighted by Gasteiger charge is 2.38. The van der Waals surface area contributed by atoms with Gasteiger partial charge >= 0.3 is 6.18 Å². The summed E-state index contributed by atoms with van der Waals surface area (Å²) in [4.78, 5) is 28.0. The zero-order valence-electron chi connectivity index (χ0n) is 21.9. The van der Waals surface area contributed by atoms with Crippen LogP contribution >= 0.6 is 11.6 Å². The summed E-state index contributed by atoms with van der Waals surface area (Å²) in [6, 6.07) is 13.7. The number of nitrogens with zero attached hydrogens (tertiary/aromatic N) is 6. The first-order valence-electron chi connectivity index (χ1n) is 13.2. The zero-order chi connectivity index (χ0) is 28.0. The molecule has 7 nitrogen and oxygen atoms in total. The Labute approximate surface area is 234 Å². The normalized spacial score (nSPS) is 17.8. The van der Waals surface area contributed by atoms with Crippen LogP contribution in [0.25, 0.3) is 11.2 Å². The first-order chi connectivity index (χ1) is 19.2. The summed E-state index contributed by atoms with van der Waals surface area (Å²) in [5, 5.41) is 0.611. The highest BCUT2D eigenvalue weighted by atomic mass is 35.5. The van der Waals surface area contributed by atoms with Crippen LogP contribution in [0.1, 0.15) is 23.6 Å². The number of imidazole rings is 1. The van der Waals surface area contributed by atoms with Crippen LogP contribution in [-0.2, 0) is 30.5 Å². The first-order valence-corrected chi connectivity index (χ1v) is 13.6. The number of amides is 1. The van der Waals surface area contributed by atoms with Crippen LogP contribution in [0.15, 0.2) is 61.1 Å². The van der Waals surface area contributed by atoms with Crippen molar-refractivity contribution in [2.75, 3.05) is 36.0 Å². The third-order valence-electron chi connectivity index (χ3n) is 7.85. The van der Waals surface area contributed by atoms with Crippen molar-refractivity contribution in [3.05, 3.63) is 82.8 Å². The molecule has 0 N–H and O–H groups in total. The predicted octanol–water partition coefficient (Wildman–Crippen LogP) is 5.40. The van der Waals surface area contributed by atoms with Gasteiger partial charge in [0, 0.05) is 61.4 Å². The van der Waals surface area contributed by atoms with E-state index in [1.807, 2.05) is 30.0 Å². The molecule has 0 spiro atoms. The van der Waals surface area contributed by atoms with Crippen molar-refractivity contribution in [2.45, 2.75) is 38.7 Å². The molecule has 4 heterocycles. The number of pyridine rings is 1. The van der Waals surface area contributed by atoms with Crippen molar-refractivity contribution < 1.29 is 18.0 Å². The topological polar surface area (TPSA) is 57.5 Å². The van der Waals surface area contributed by atoms with Crippen LogP contribution in [0, 0.1) is 0 Å². The Morgan fingerprint density at radius 1 is 1.00 bits per heavy atom. The Bertz CT molecular complexity index is 1550. The summed E-state index contributed by atoms with van der Waals surface area (Å²) in [5.41, 5.74) is 3.59. The van der Waals surface area contributed by atoms with Crippen LogP contribution in [0.5, 0.6) is 0 Å². The van der Waals surface area contributed by atoms with E-state index in [1.165, 1.54) is 6.07 Å². The number of piperazine rings is 1. The third kappa shape index (κ3) is 4.96. The van der Waals surface area contributed by atoms with Gasteiger partial charge in [-0.05, 0) is 73.0 Å². The second-order valence-electron chi connectivity index (χ2n) is 10.3. The summed E-state index contributed by atoms with van der Waals surface area (Å²) in [7, 11) is 0. The van der Waals surface area contributed by atoms with E-state index in [0.29, 0.717) is 60.9 Å². The number of anilines is 2. The van der Waals surface area contributed by atoms with Crippen LogP contribution < -0.4 is 9.80 Å². The second-order valence-corrected chi connectivity index (χ2v) is 10.8. The largest absolute Gasteiger partial charge is 0.416 e. The second kappa shape index (κ2) is 10.3. The molecule has 1 saturated heterocycles. The molecule has 40 heavy (non-hydrogen) atoms. The molecule has 0 saturated carbocycles. The molecule has 2 aromatic heterocycles. The smallest absolute Gasteiger partial charge is 0.367 e. The zero-order valence-corrected chi connectivity index (χ0v) is 22.7. The maximum atomic E-state index is 14.0. The van der Waals surface area contributed by atoms with E-state index in [-0.39, 0.29) is 18.5 Å². The molecule has 1 amide bonds. The molecule has 2 aliphatic rings. The van der Waals surface area contributed by atoms with Crippen molar-refractivity contribution in [1.29, 1.82) is 0 Å². The highest BCUT2D eigenvalue weighted by Crippen LogP contribution is 2.41. The van der Waals surface area contributed by atoms with Gasteiger partial charge in [-0.3, -0.25) is 4.79 Å². The number of fused-ring (bicyclic) bond motifs is 2. The molecular formula is C29H28ClF3N6O. The molecular weight excluding hydrogens is 541 g/mol. The standard InChI is InChI=1S/C29H28ClF3N6O/c1-19-15-37(13-14-39(19)27(40)17-38-18-35-25-3-2-11-34-28(25)38)26-9-8-24(29(31,32)33)22-10-12-36(16-23(22)26)21-6-4-20(30)5-7-21/h2-9,11,18-19H,10,12-17H2,1H3/t19-/m1/s1. The van der Waals surface area contributed by atoms with Gasteiger partial charge in [0.05, 0.1) is 11.9 Å². The van der Waals surface area contributed by atoms with E-state index in [4.69, 9.17) is 11.6 Å². The first kappa shape index (κ1) is 26.4. The number of halogens is 4. The van der Waals surface area contributed by atoms with Gasteiger partial charge in [0.1, 0.15) is 12.1 Å². The molecule has 2 aromatic carbocycles. The highest BCUT2D eigenvalue weighted by molar-refractivity contribution is 6.30. The number of benzene rings is 2. The maximum Gasteiger partial charge on any atom is 0.416 e. The fourth-order valence-electron chi connectivity index (χ4n) is 5.89. The molecule has 0 unspecified atom stereocenters. The lowest BCUT2D eigenvalue weighted by molar-refractivity contribution is -0.138. The summed E-state index contributed by atoms with van der Waals surface area (Å²) >= 11 is 6.06. The molecule has 11 heteroatoms. The van der Waals surface area contributed by atoms with Crippen molar-refractivity contribution in [3.63, 3.8) is 0 Å². The lowest BCUT2D eigenvalue weighted by atomic mass is 9.91. The quantitative estimate of drug-likeness (QED) is 0.330. The molecule has 4 aromatic rings. The third-order valence-corrected chi connectivity index (χ3v) is 8.10. The predicted molar refractivity (Wildman–Crippen MR) is 149 cm³/mol. The van der Waals surface area contributed by atoms with Gasteiger partial charge in [0.2, 0.25) is 5.91 Å². The van der Waals surface area contributed by atoms with Gasteiger partial charge in [-0.25, -0.2) is 9.97 Å². The van der Waals surface area contributed by atoms with Crippen LogP contribution in [0.3, 0.4) is 0 Å². The van der Waals surface area contributed by atoms with Crippen molar-refractivity contribution >= 4 is 40.0 Å². The molecule has 0 bridgehead atoms. The summed E-state index contributed by atoms with van der Waals surface area (Å²) in [6.07, 6.45) is -0.833.